The van der Waals surface area contributed by atoms with E-state index in [-0.39, 0.29) is 0 Å². The van der Waals surface area contributed by atoms with Crippen LogP contribution in [0.2, 0.25) is 5.02 Å². The highest BCUT2D eigenvalue weighted by Crippen LogP contribution is 2.33. The van der Waals surface area contributed by atoms with Gasteiger partial charge in [0, 0.05) is 34.6 Å². The van der Waals surface area contributed by atoms with Crippen LogP contribution in [0.15, 0.2) is 49.0 Å². The Hall–Kier alpha value is -1.93. The highest BCUT2D eigenvalue weighted by atomic mass is 35.5. The zero-order chi connectivity index (χ0) is 13.1. The summed E-state index contributed by atoms with van der Waals surface area (Å²) in [6, 6.07) is 13.7. The lowest BCUT2D eigenvalue weighted by atomic mass is 10.0. The topological polar surface area (TPSA) is 38.0 Å². The summed E-state index contributed by atoms with van der Waals surface area (Å²) in [6.45, 7) is 3.90. The van der Waals surface area contributed by atoms with Crippen LogP contribution in [0.4, 0.5) is 5.69 Å². The molecule has 0 aliphatic rings. The molecule has 0 aliphatic heterocycles. The van der Waals surface area contributed by atoms with Gasteiger partial charge in [0.1, 0.15) is 0 Å². The second-order valence-corrected chi connectivity index (χ2v) is 4.42. The van der Waals surface area contributed by atoms with Crippen LogP contribution in [0.3, 0.4) is 0 Å². The number of rotatable bonds is 3. The number of nitrogen functional groups attached to an aromatic ring is 1. The molecule has 3 N–H and O–H groups in total. The van der Waals surface area contributed by atoms with Crippen molar-refractivity contribution in [3.8, 4) is 11.1 Å². The Bertz CT molecular complexity index is 577. The average Bonchev–Trinajstić information content (AvgIpc) is 2.41. The molecule has 0 aromatic heterocycles. The highest BCUT2D eigenvalue weighted by Gasteiger charge is 2.09. The van der Waals surface area contributed by atoms with E-state index in [1.165, 1.54) is 0 Å². The van der Waals surface area contributed by atoms with E-state index >= 15 is 0 Å². The zero-order valence-electron chi connectivity index (χ0n) is 10.2. The largest absolute Gasteiger partial charge is 0.398 e. The summed E-state index contributed by atoms with van der Waals surface area (Å²) in [4.78, 5) is 0. The maximum atomic E-state index is 6.31. The standard InChI is InChI=1S/C15H15ClN2/c1-10(18-2)12-8-14(16)13(9-15(12)17)11-6-4-3-5-7-11/h3-9,18H,1,17H2,2H3. The van der Waals surface area contributed by atoms with Crippen LogP contribution in [-0.2, 0) is 0 Å². The molecule has 18 heavy (non-hydrogen) atoms. The van der Waals surface area contributed by atoms with Crippen molar-refractivity contribution in [2.24, 2.45) is 0 Å². The Kier molecular flexibility index (Phi) is 3.58. The van der Waals surface area contributed by atoms with Gasteiger partial charge in [-0.1, -0.05) is 48.5 Å². The summed E-state index contributed by atoms with van der Waals surface area (Å²) in [5.74, 6) is 0. The lowest BCUT2D eigenvalue weighted by Crippen LogP contribution is -2.06. The molecule has 0 saturated heterocycles. The van der Waals surface area contributed by atoms with Gasteiger partial charge in [0.2, 0.25) is 0 Å². The van der Waals surface area contributed by atoms with Gasteiger partial charge in [-0.2, -0.15) is 0 Å². The van der Waals surface area contributed by atoms with E-state index in [1.807, 2.05) is 42.5 Å². The van der Waals surface area contributed by atoms with Crippen molar-refractivity contribution in [3.05, 3.63) is 59.6 Å². The van der Waals surface area contributed by atoms with Gasteiger partial charge in [0.15, 0.2) is 0 Å². The average molecular weight is 259 g/mol. The zero-order valence-corrected chi connectivity index (χ0v) is 11.0. The van der Waals surface area contributed by atoms with Crippen molar-refractivity contribution < 1.29 is 0 Å². The fraction of sp³-hybridized carbons (Fsp3) is 0.0667. The molecular formula is C15H15ClN2. The first-order valence-electron chi connectivity index (χ1n) is 5.65. The van der Waals surface area contributed by atoms with Crippen LogP contribution >= 0.6 is 11.6 Å². The van der Waals surface area contributed by atoms with Crippen molar-refractivity contribution in [1.29, 1.82) is 0 Å². The molecule has 0 fully saturated rings. The Balaban J connectivity index is 2.53. The Morgan fingerprint density at radius 3 is 2.50 bits per heavy atom. The van der Waals surface area contributed by atoms with Gasteiger partial charge in [-0.25, -0.2) is 0 Å². The van der Waals surface area contributed by atoms with Crippen LogP contribution in [-0.4, -0.2) is 7.05 Å². The first kappa shape index (κ1) is 12.5. The maximum absolute atomic E-state index is 6.31. The van der Waals surface area contributed by atoms with Gasteiger partial charge in [-0.15, -0.1) is 0 Å². The van der Waals surface area contributed by atoms with Gasteiger partial charge < -0.3 is 11.1 Å². The minimum atomic E-state index is 0.664. The van der Waals surface area contributed by atoms with E-state index in [1.54, 1.807) is 7.05 Å². The molecule has 0 radical (unpaired) electrons. The molecule has 0 atom stereocenters. The number of nitrogens with two attached hydrogens (primary N) is 1. The van der Waals surface area contributed by atoms with Crippen molar-refractivity contribution in [3.63, 3.8) is 0 Å². The lowest BCUT2D eigenvalue weighted by molar-refractivity contribution is 1.13. The lowest BCUT2D eigenvalue weighted by Gasteiger charge is -2.12. The van der Waals surface area contributed by atoms with Gasteiger partial charge in [-0.3, -0.25) is 0 Å². The first-order chi connectivity index (χ1) is 8.63. The molecule has 0 spiro atoms. The molecule has 92 valence electrons. The van der Waals surface area contributed by atoms with Gasteiger partial charge in [-0.05, 0) is 17.7 Å². The van der Waals surface area contributed by atoms with Crippen LogP contribution in [0.5, 0.6) is 0 Å². The number of anilines is 1. The smallest absolute Gasteiger partial charge is 0.0492 e. The highest BCUT2D eigenvalue weighted by molar-refractivity contribution is 6.33. The van der Waals surface area contributed by atoms with Crippen LogP contribution in [0.1, 0.15) is 5.56 Å². The third-order valence-corrected chi connectivity index (χ3v) is 3.16. The summed E-state index contributed by atoms with van der Waals surface area (Å²) in [5, 5.41) is 3.64. The van der Waals surface area contributed by atoms with Gasteiger partial charge in [0.05, 0.1) is 0 Å². The van der Waals surface area contributed by atoms with Crippen molar-refractivity contribution in [1.82, 2.24) is 5.32 Å². The number of hydrogen-bond acceptors (Lipinski definition) is 2. The summed E-state index contributed by atoms with van der Waals surface area (Å²) in [7, 11) is 1.81. The first-order valence-corrected chi connectivity index (χ1v) is 6.02. The van der Waals surface area contributed by atoms with E-state index in [9.17, 15) is 0 Å². The molecule has 0 unspecified atom stereocenters. The molecule has 2 aromatic rings. The molecule has 0 bridgehead atoms. The molecular weight excluding hydrogens is 244 g/mol. The maximum Gasteiger partial charge on any atom is 0.0492 e. The summed E-state index contributed by atoms with van der Waals surface area (Å²) >= 11 is 6.31. The van der Waals surface area contributed by atoms with Crippen LogP contribution in [0.25, 0.3) is 16.8 Å². The van der Waals surface area contributed by atoms with E-state index in [0.29, 0.717) is 10.7 Å². The second-order valence-electron chi connectivity index (χ2n) is 4.01. The van der Waals surface area contributed by atoms with Crippen LogP contribution < -0.4 is 11.1 Å². The van der Waals surface area contributed by atoms with Crippen LogP contribution in [0, 0.1) is 0 Å². The van der Waals surface area contributed by atoms with E-state index in [0.717, 1.165) is 22.4 Å². The number of hydrogen-bond donors (Lipinski definition) is 2. The van der Waals surface area contributed by atoms with Gasteiger partial charge in [0.25, 0.3) is 0 Å². The fourth-order valence-electron chi connectivity index (χ4n) is 1.82. The number of benzene rings is 2. The van der Waals surface area contributed by atoms with E-state index in [4.69, 9.17) is 17.3 Å². The normalized spacial score (nSPS) is 10.1. The second kappa shape index (κ2) is 5.15. The van der Waals surface area contributed by atoms with Crippen molar-refractivity contribution in [2.75, 3.05) is 12.8 Å². The Labute approximate surface area is 112 Å². The third-order valence-electron chi connectivity index (χ3n) is 2.85. The monoisotopic (exact) mass is 258 g/mol. The molecule has 0 aliphatic carbocycles. The Morgan fingerprint density at radius 2 is 1.89 bits per heavy atom. The minimum Gasteiger partial charge on any atom is -0.398 e. The van der Waals surface area contributed by atoms with Crippen molar-refractivity contribution >= 4 is 23.0 Å². The van der Waals surface area contributed by atoms with Gasteiger partial charge >= 0.3 is 0 Å². The molecule has 0 saturated carbocycles. The predicted molar refractivity (Wildman–Crippen MR) is 79.4 cm³/mol. The van der Waals surface area contributed by atoms with Crippen molar-refractivity contribution in [2.45, 2.75) is 0 Å². The Morgan fingerprint density at radius 1 is 1.22 bits per heavy atom. The molecule has 0 heterocycles. The van der Waals surface area contributed by atoms with E-state index in [2.05, 4.69) is 11.9 Å². The quantitative estimate of drug-likeness (QED) is 0.823. The molecule has 2 nitrogen and oxygen atoms in total. The molecule has 2 rings (SSSR count). The fourth-order valence-corrected chi connectivity index (χ4v) is 2.10. The summed E-state index contributed by atoms with van der Waals surface area (Å²) < 4.78 is 0. The molecule has 3 heteroatoms. The summed E-state index contributed by atoms with van der Waals surface area (Å²) in [5.41, 5.74) is 10.3. The molecule has 2 aromatic carbocycles. The SMILES string of the molecule is C=C(NC)c1cc(Cl)c(-c2ccccc2)cc1N. The van der Waals surface area contributed by atoms with E-state index < -0.39 is 0 Å². The number of halogens is 1. The molecule has 0 amide bonds. The summed E-state index contributed by atoms with van der Waals surface area (Å²) in [6.07, 6.45) is 0. The minimum absolute atomic E-state index is 0.664. The third kappa shape index (κ3) is 2.34. The predicted octanol–water partition coefficient (Wildman–Crippen LogP) is 3.78. The number of nitrogens with one attached hydrogen (secondary N) is 1.